The average molecular weight is 210 g/mol. The normalized spacial score (nSPS) is 11.6. The first-order chi connectivity index (χ1) is 6.29. The first kappa shape index (κ1) is 11.2. The zero-order valence-corrected chi connectivity index (χ0v) is 10.8. The van der Waals surface area contributed by atoms with Gasteiger partial charge in [0, 0.05) is 0 Å². The second-order valence-electron chi connectivity index (χ2n) is 4.50. The van der Waals surface area contributed by atoms with Crippen molar-refractivity contribution in [2.45, 2.75) is 40.4 Å². The van der Waals surface area contributed by atoms with Crippen LogP contribution in [0.4, 0.5) is 0 Å². The Kier molecular flexibility index (Phi) is 2.94. The van der Waals surface area contributed by atoms with Crippen molar-refractivity contribution in [2.75, 3.05) is 0 Å². The fraction of sp³-hybridized carbons (Fsp3) is 0.600. The summed E-state index contributed by atoms with van der Waals surface area (Å²) < 4.78 is 5.83. The van der Waals surface area contributed by atoms with Crippen molar-refractivity contribution in [3.05, 3.63) is 17.1 Å². The van der Waals surface area contributed by atoms with Gasteiger partial charge in [0.1, 0.15) is 0 Å². The molecular formula is C10H18N2OSi. The molecule has 1 heterocycles. The highest BCUT2D eigenvalue weighted by Gasteiger charge is 2.19. The molecule has 0 aliphatic heterocycles. The summed E-state index contributed by atoms with van der Waals surface area (Å²) >= 11 is 0. The van der Waals surface area contributed by atoms with Crippen LogP contribution in [0.2, 0.25) is 19.6 Å². The van der Waals surface area contributed by atoms with Crippen molar-refractivity contribution in [3.63, 3.8) is 0 Å². The van der Waals surface area contributed by atoms with Crippen LogP contribution in [-0.2, 0) is 0 Å². The fourth-order valence-electron chi connectivity index (χ4n) is 1.08. The van der Waals surface area contributed by atoms with E-state index in [4.69, 9.17) is 4.43 Å². The van der Waals surface area contributed by atoms with Gasteiger partial charge < -0.3 is 4.43 Å². The molecule has 0 amide bonds. The highest BCUT2D eigenvalue weighted by atomic mass is 28.4. The van der Waals surface area contributed by atoms with Gasteiger partial charge in [-0.1, -0.05) is 0 Å². The smallest absolute Gasteiger partial charge is 0.244 e. The lowest BCUT2D eigenvalue weighted by atomic mass is 10.3. The molecule has 1 aromatic heterocycles. The van der Waals surface area contributed by atoms with Crippen LogP contribution in [0.15, 0.2) is 0 Å². The van der Waals surface area contributed by atoms with Crippen LogP contribution < -0.4 is 4.43 Å². The zero-order chi connectivity index (χ0) is 10.9. The molecule has 0 aliphatic carbocycles. The van der Waals surface area contributed by atoms with E-state index in [9.17, 15) is 0 Å². The van der Waals surface area contributed by atoms with Gasteiger partial charge in [-0.05, 0) is 40.4 Å². The highest BCUT2D eigenvalue weighted by molar-refractivity contribution is 6.70. The van der Waals surface area contributed by atoms with Gasteiger partial charge in [-0.3, -0.25) is 4.98 Å². The topological polar surface area (TPSA) is 35.0 Å². The molecule has 0 bridgehead atoms. The Morgan fingerprint density at radius 2 is 1.36 bits per heavy atom. The third-order valence-electron chi connectivity index (χ3n) is 1.84. The van der Waals surface area contributed by atoms with E-state index in [1.165, 1.54) is 0 Å². The van der Waals surface area contributed by atoms with Gasteiger partial charge in [-0.25, -0.2) is 4.98 Å². The Hall–Kier alpha value is -0.903. The maximum absolute atomic E-state index is 5.83. The minimum Gasteiger partial charge on any atom is -0.530 e. The molecule has 0 unspecified atom stereocenters. The lowest BCUT2D eigenvalue weighted by molar-refractivity contribution is 0.521. The minimum absolute atomic E-state index is 0.701. The lowest BCUT2D eigenvalue weighted by Crippen LogP contribution is -2.30. The number of hydrogen-bond donors (Lipinski definition) is 0. The molecule has 1 rings (SSSR count). The lowest BCUT2D eigenvalue weighted by Gasteiger charge is -2.19. The summed E-state index contributed by atoms with van der Waals surface area (Å²) in [6, 6.07) is 0. The van der Waals surface area contributed by atoms with E-state index < -0.39 is 8.32 Å². The maximum atomic E-state index is 5.83. The maximum Gasteiger partial charge on any atom is 0.244 e. The molecule has 0 radical (unpaired) electrons. The summed E-state index contributed by atoms with van der Waals surface area (Å²) in [6.45, 7) is 12.3. The Morgan fingerprint density at radius 3 is 1.86 bits per heavy atom. The summed E-state index contributed by atoms with van der Waals surface area (Å²) in [6.07, 6.45) is 0. The van der Waals surface area contributed by atoms with Gasteiger partial charge in [0.2, 0.25) is 14.2 Å². The van der Waals surface area contributed by atoms with E-state index in [2.05, 4.69) is 29.6 Å². The van der Waals surface area contributed by atoms with Crippen LogP contribution in [0, 0.1) is 20.8 Å². The highest BCUT2D eigenvalue weighted by Crippen LogP contribution is 2.18. The predicted octanol–water partition coefficient (Wildman–Crippen LogP) is 2.62. The van der Waals surface area contributed by atoms with Gasteiger partial charge in [-0.2, -0.15) is 0 Å². The second kappa shape index (κ2) is 3.69. The summed E-state index contributed by atoms with van der Waals surface area (Å²) in [5.74, 6) is 0.701. The molecule has 78 valence electrons. The summed E-state index contributed by atoms with van der Waals surface area (Å²) in [5, 5.41) is 0. The molecule has 14 heavy (non-hydrogen) atoms. The van der Waals surface area contributed by atoms with Crippen molar-refractivity contribution in [3.8, 4) is 5.88 Å². The van der Waals surface area contributed by atoms with Crippen molar-refractivity contribution < 1.29 is 4.43 Å². The summed E-state index contributed by atoms with van der Waals surface area (Å²) in [7, 11) is -1.57. The number of aryl methyl sites for hydroxylation is 3. The van der Waals surface area contributed by atoms with Gasteiger partial charge in [-0.15, -0.1) is 0 Å². The molecule has 0 saturated heterocycles. The molecule has 3 nitrogen and oxygen atoms in total. The van der Waals surface area contributed by atoms with E-state index in [0.717, 1.165) is 17.1 Å². The number of rotatable bonds is 2. The van der Waals surface area contributed by atoms with Crippen LogP contribution in [0.5, 0.6) is 5.88 Å². The van der Waals surface area contributed by atoms with Gasteiger partial charge in [0.05, 0.1) is 17.1 Å². The van der Waals surface area contributed by atoms with Gasteiger partial charge >= 0.3 is 0 Å². The third kappa shape index (κ3) is 2.80. The molecule has 0 atom stereocenters. The van der Waals surface area contributed by atoms with Crippen molar-refractivity contribution in [1.82, 2.24) is 9.97 Å². The van der Waals surface area contributed by atoms with Crippen LogP contribution >= 0.6 is 0 Å². The van der Waals surface area contributed by atoms with E-state index in [-0.39, 0.29) is 0 Å². The molecule has 0 spiro atoms. The minimum atomic E-state index is -1.57. The van der Waals surface area contributed by atoms with E-state index in [0.29, 0.717) is 5.88 Å². The molecule has 1 aromatic rings. The zero-order valence-electron chi connectivity index (χ0n) is 9.80. The Morgan fingerprint density at radius 1 is 0.857 bits per heavy atom. The first-order valence-electron chi connectivity index (χ1n) is 4.80. The largest absolute Gasteiger partial charge is 0.530 e. The Labute approximate surface area is 86.7 Å². The van der Waals surface area contributed by atoms with Crippen molar-refractivity contribution >= 4 is 8.32 Å². The van der Waals surface area contributed by atoms with Gasteiger partial charge in [0.25, 0.3) is 0 Å². The fourth-order valence-corrected chi connectivity index (χ4v) is 1.85. The van der Waals surface area contributed by atoms with Crippen LogP contribution in [-0.4, -0.2) is 18.3 Å². The molecule has 4 heteroatoms. The van der Waals surface area contributed by atoms with Crippen LogP contribution in [0.25, 0.3) is 0 Å². The summed E-state index contributed by atoms with van der Waals surface area (Å²) in [5.41, 5.74) is 2.81. The van der Waals surface area contributed by atoms with Crippen LogP contribution in [0.3, 0.4) is 0 Å². The van der Waals surface area contributed by atoms with Crippen molar-refractivity contribution in [1.29, 1.82) is 0 Å². The Bertz CT molecular complexity index is 345. The number of nitrogens with zero attached hydrogens (tertiary/aromatic N) is 2. The molecule has 0 aromatic carbocycles. The van der Waals surface area contributed by atoms with Crippen molar-refractivity contribution in [2.24, 2.45) is 0 Å². The van der Waals surface area contributed by atoms with E-state index in [1.54, 1.807) is 0 Å². The monoisotopic (exact) mass is 210 g/mol. The SMILES string of the molecule is Cc1nc(C)c(O[Si](C)(C)C)nc1C. The van der Waals surface area contributed by atoms with Crippen LogP contribution in [0.1, 0.15) is 17.1 Å². The third-order valence-corrected chi connectivity index (χ3v) is 2.65. The molecular weight excluding hydrogens is 192 g/mol. The molecule has 0 saturated carbocycles. The quantitative estimate of drug-likeness (QED) is 0.704. The van der Waals surface area contributed by atoms with E-state index in [1.807, 2.05) is 20.8 Å². The predicted molar refractivity (Wildman–Crippen MR) is 60.2 cm³/mol. The Balaban J connectivity index is 3.04. The standard InChI is InChI=1S/C10H18N2OSi/c1-7-8(2)12-10(9(3)11-7)13-14(4,5)6/h1-6H3. The molecule has 0 N–H and O–H groups in total. The molecule has 0 fully saturated rings. The number of hydrogen-bond acceptors (Lipinski definition) is 3. The first-order valence-corrected chi connectivity index (χ1v) is 8.21. The van der Waals surface area contributed by atoms with Gasteiger partial charge in [0.15, 0.2) is 0 Å². The van der Waals surface area contributed by atoms with E-state index >= 15 is 0 Å². The average Bonchev–Trinajstić information content (AvgIpc) is 1.97. The number of aromatic nitrogens is 2. The molecule has 0 aliphatic rings. The summed E-state index contributed by atoms with van der Waals surface area (Å²) in [4.78, 5) is 8.80. The second-order valence-corrected chi connectivity index (χ2v) is 8.93.